The molecule has 3 rings (SSSR count). The second kappa shape index (κ2) is 3.03. The van der Waals surface area contributed by atoms with E-state index in [2.05, 4.69) is 5.10 Å². The number of phenolic OH excluding ortho intramolecular Hbond substituents is 1. The van der Waals surface area contributed by atoms with Crippen molar-refractivity contribution in [2.45, 2.75) is 11.7 Å². The van der Waals surface area contributed by atoms with E-state index < -0.39 is 0 Å². The normalized spacial score (nSPS) is 27.8. The molecule has 1 fully saturated rings. The van der Waals surface area contributed by atoms with Gasteiger partial charge in [-0.3, -0.25) is 5.01 Å². The molecule has 2 bridgehead atoms. The molecule has 0 amide bonds. The van der Waals surface area contributed by atoms with Crippen LogP contribution in [0.15, 0.2) is 29.4 Å². The minimum Gasteiger partial charge on any atom is -0.508 e. The summed E-state index contributed by atoms with van der Waals surface area (Å²) in [6.45, 7) is 0.740. The summed E-state index contributed by atoms with van der Waals surface area (Å²) in [6.07, 6.45) is 1.85. The molecule has 0 spiro atoms. The number of hydrogen-bond acceptors (Lipinski definition) is 4. The largest absolute Gasteiger partial charge is 0.508 e. The van der Waals surface area contributed by atoms with Crippen LogP contribution in [-0.4, -0.2) is 33.4 Å². The summed E-state index contributed by atoms with van der Waals surface area (Å²) in [5.41, 5.74) is 1.08. The second-order valence-electron chi connectivity index (χ2n) is 3.70. The number of fused-ring (bicyclic) bond motifs is 2. The molecule has 1 saturated heterocycles. The molecule has 2 aliphatic heterocycles. The van der Waals surface area contributed by atoms with Crippen LogP contribution in [0.25, 0.3) is 0 Å². The van der Waals surface area contributed by atoms with E-state index >= 15 is 0 Å². The zero-order valence-corrected chi connectivity index (χ0v) is 8.67. The number of hydrazone groups is 1. The summed E-state index contributed by atoms with van der Waals surface area (Å²) in [6, 6.07) is 7.14. The molecule has 78 valence electrons. The fourth-order valence-electron chi connectivity index (χ4n) is 2.02. The highest BCUT2D eigenvalue weighted by Crippen LogP contribution is 2.37. The Bertz CT molecular complexity index is 406. The molecule has 15 heavy (non-hydrogen) atoms. The van der Waals surface area contributed by atoms with Crippen molar-refractivity contribution in [1.29, 1.82) is 0 Å². The Labute approximate surface area is 92.4 Å². The molecule has 0 unspecified atom stereocenters. The van der Waals surface area contributed by atoms with Crippen molar-refractivity contribution < 1.29 is 5.11 Å². The van der Waals surface area contributed by atoms with Crippen molar-refractivity contribution in [3.8, 4) is 5.75 Å². The topological polar surface area (TPSA) is 39.1 Å². The van der Waals surface area contributed by atoms with Gasteiger partial charge in [0.15, 0.2) is 0 Å². The molecular formula is C10H10ClN3O. The average molecular weight is 224 g/mol. The summed E-state index contributed by atoms with van der Waals surface area (Å²) < 4.78 is 0. The average Bonchev–Trinajstić information content (AvgIpc) is 2.75. The van der Waals surface area contributed by atoms with Crippen molar-refractivity contribution in [2.24, 2.45) is 5.10 Å². The first kappa shape index (κ1) is 8.85. The maximum Gasteiger partial charge on any atom is 0.146 e. The Hall–Kier alpha value is -1.42. The maximum atomic E-state index is 9.21. The zero-order valence-electron chi connectivity index (χ0n) is 7.92. The van der Waals surface area contributed by atoms with Crippen LogP contribution in [0.3, 0.4) is 0 Å². The Kier molecular flexibility index (Phi) is 1.79. The van der Waals surface area contributed by atoms with Crippen LogP contribution in [0.5, 0.6) is 5.75 Å². The molecular weight excluding hydrogens is 214 g/mol. The summed E-state index contributed by atoms with van der Waals surface area (Å²) >= 11 is 6.13. The predicted molar refractivity (Wildman–Crippen MR) is 57.5 cm³/mol. The van der Waals surface area contributed by atoms with Gasteiger partial charge in [0.05, 0.1) is 6.54 Å². The van der Waals surface area contributed by atoms with Gasteiger partial charge in [0.25, 0.3) is 0 Å². The number of hydrogen-bond donors (Lipinski definition) is 1. The van der Waals surface area contributed by atoms with Gasteiger partial charge in [-0.25, -0.2) is 0 Å². The fourth-order valence-corrected chi connectivity index (χ4v) is 2.32. The fraction of sp³-hybridized carbons (Fsp3) is 0.300. The highest BCUT2D eigenvalue weighted by Gasteiger charge is 2.41. The Balaban J connectivity index is 1.94. The van der Waals surface area contributed by atoms with Gasteiger partial charge in [-0.1, -0.05) is 23.7 Å². The first-order valence-electron chi connectivity index (χ1n) is 4.77. The zero-order chi connectivity index (χ0) is 10.4. The standard InChI is InChI=1S/C10H10ClN3O/c11-9-5-14-10(13(9)6-12-14)7-1-3-8(15)4-2-7/h1-4,6,9-10,15H,5H2/t9-,10+/m0/s1. The predicted octanol–water partition coefficient (Wildman–Crippen LogP) is 1.53. The van der Waals surface area contributed by atoms with Crippen LogP contribution in [-0.2, 0) is 0 Å². The van der Waals surface area contributed by atoms with Crippen LogP contribution in [0.4, 0.5) is 0 Å². The van der Waals surface area contributed by atoms with E-state index in [9.17, 15) is 5.11 Å². The minimum atomic E-state index is -0.0127. The molecule has 0 aliphatic carbocycles. The smallest absolute Gasteiger partial charge is 0.146 e. The van der Waals surface area contributed by atoms with Crippen molar-refractivity contribution in [2.75, 3.05) is 6.54 Å². The molecule has 0 radical (unpaired) electrons. The van der Waals surface area contributed by atoms with E-state index in [0.29, 0.717) is 0 Å². The molecule has 2 heterocycles. The van der Waals surface area contributed by atoms with Crippen LogP contribution in [0.1, 0.15) is 11.7 Å². The molecule has 0 aromatic heterocycles. The molecule has 1 aromatic carbocycles. The highest BCUT2D eigenvalue weighted by molar-refractivity contribution is 6.21. The van der Waals surface area contributed by atoms with E-state index in [1.54, 1.807) is 18.5 Å². The van der Waals surface area contributed by atoms with E-state index in [1.165, 1.54) is 0 Å². The molecule has 4 nitrogen and oxygen atoms in total. The second-order valence-corrected chi connectivity index (χ2v) is 4.20. The molecule has 1 aromatic rings. The summed E-state index contributed by atoms with van der Waals surface area (Å²) in [7, 11) is 0. The number of alkyl halides is 1. The minimum absolute atomic E-state index is 0.0127. The first-order valence-corrected chi connectivity index (χ1v) is 5.20. The number of rotatable bonds is 1. The van der Waals surface area contributed by atoms with Crippen LogP contribution >= 0.6 is 11.6 Å². The Morgan fingerprint density at radius 1 is 1.33 bits per heavy atom. The lowest BCUT2D eigenvalue weighted by molar-refractivity contribution is 0.237. The van der Waals surface area contributed by atoms with Crippen LogP contribution < -0.4 is 0 Å². The summed E-state index contributed by atoms with van der Waals surface area (Å²) in [4.78, 5) is 2.01. The van der Waals surface area contributed by atoms with Gasteiger partial charge in [0, 0.05) is 0 Å². The molecule has 5 heteroatoms. The lowest BCUT2D eigenvalue weighted by Crippen LogP contribution is -2.25. The third-order valence-corrected chi connectivity index (χ3v) is 3.11. The van der Waals surface area contributed by atoms with Crippen molar-refractivity contribution in [3.05, 3.63) is 29.8 Å². The Morgan fingerprint density at radius 2 is 2.07 bits per heavy atom. The van der Waals surface area contributed by atoms with Crippen LogP contribution in [0.2, 0.25) is 0 Å². The van der Waals surface area contributed by atoms with Gasteiger partial charge in [-0.15, -0.1) is 0 Å². The quantitative estimate of drug-likeness (QED) is 0.580. The van der Waals surface area contributed by atoms with Crippen molar-refractivity contribution in [3.63, 3.8) is 0 Å². The SMILES string of the molecule is Oc1ccc([C@H]2N3C[C@@H](Cl)N2C=N3)cc1. The van der Waals surface area contributed by atoms with Crippen molar-refractivity contribution >= 4 is 17.9 Å². The van der Waals surface area contributed by atoms with Crippen molar-refractivity contribution in [1.82, 2.24) is 9.91 Å². The maximum absolute atomic E-state index is 9.21. The first-order chi connectivity index (χ1) is 7.25. The molecule has 2 atom stereocenters. The number of halogens is 1. The lowest BCUT2D eigenvalue weighted by atomic mass is 10.1. The monoisotopic (exact) mass is 223 g/mol. The van der Waals surface area contributed by atoms with Gasteiger partial charge < -0.3 is 10.0 Å². The third kappa shape index (κ3) is 1.25. The van der Waals surface area contributed by atoms with E-state index in [4.69, 9.17) is 11.6 Å². The number of aromatic hydroxyl groups is 1. The molecule has 1 N–H and O–H groups in total. The van der Waals surface area contributed by atoms with Gasteiger partial charge in [0.1, 0.15) is 23.8 Å². The highest BCUT2D eigenvalue weighted by atomic mass is 35.5. The number of nitrogens with zero attached hydrogens (tertiary/aromatic N) is 3. The number of benzene rings is 1. The van der Waals surface area contributed by atoms with Gasteiger partial charge in [0.2, 0.25) is 0 Å². The third-order valence-electron chi connectivity index (χ3n) is 2.75. The Morgan fingerprint density at radius 3 is 2.60 bits per heavy atom. The molecule has 0 saturated carbocycles. The van der Waals surface area contributed by atoms with E-state index in [1.807, 2.05) is 22.0 Å². The van der Waals surface area contributed by atoms with Gasteiger partial charge >= 0.3 is 0 Å². The number of phenols is 1. The molecule has 2 aliphatic rings. The lowest BCUT2D eigenvalue weighted by Gasteiger charge is -2.20. The van der Waals surface area contributed by atoms with Gasteiger partial charge in [-0.05, 0) is 17.7 Å². The summed E-state index contributed by atoms with van der Waals surface area (Å²) in [5, 5.41) is 15.4. The van der Waals surface area contributed by atoms with Crippen LogP contribution in [0, 0.1) is 0 Å². The summed E-state index contributed by atoms with van der Waals surface area (Å²) in [5.74, 6) is 0.275. The van der Waals surface area contributed by atoms with E-state index in [0.717, 1.165) is 12.1 Å². The van der Waals surface area contributed by atoms with E-state index in [-0.39, 0.29) is 17.4 Å². The van der Waals surface area contributed by atoms with Gasteiger partial charge in [-0.2, -0.15) is 5.10 Å².